The molecule has 0 amide bonds. The van der Waals surface area contributed by atoms with Crippen LogP contribution in [-0.2, 0) is 16.1 Å². The summed E-state index contributed by atoms with van der Waals surface area (Å²) in [6.45, 7) is 2.50. The molecule has 0 radical (unpaired) electrons. The Morgan fingerprint density at radius 3 is 1.62 bits per heavy atom. The monoisotopic (exact) mass is 762 g/mol. The summed E-state index contributed by atoms with van der Waals surface area (Å²) in [6.07, 6.45) is 21.4. The number of benzene rings is 1. The van der Waals surface area contributed by atoms with Crippen LogP contribution in [-0.4, -0.2) is 5.97 Å². The lowest BCUT2D eigenvalue weighted by Gasteiger charge is -2.14. The van der Waals surface area contributed by atoms with Gasteiger partial charge in [0, 0.05) is 34.3 Å². The van der Waals surface area contributed by atoms with E-state index < -0.39 is 0 Å². The average Bonchev–Trinajstić information content (AvgIpc) is 2.79. The van der Waals surface area contributed by atoms with Crippen LogP contribution in [0.1, 0.15) is 102 Å². The van der Waals surface area contributed by atoms with E-state index in [1.807, 2.05) is 0 Å². The molecule has 0 bridgehead atoms. The van der Waals surface area contributed by atoms with Gasteiger partial charge in [-0.1, -0.05) is 70.4 Å². The number of carbonyl (C=O) groups excluding carboxylic acids is 1. The van der Waals surface area contributed by atoms with Crippen LogP contribution in [0.2, 0.25) is 0 Å². The molecule has 0 aromatic heterocycles. The Labute approximate surface area is 236 Å². The van der Waals surface area contributed by atoms with Crippen LogP contribution >= 0.6 is 79.6 Å². The van der Waals surface area contributed by atoms with Crippen molar-refractivity contribution in [3.05, 3.63) is 40.1 Å². The van der Waals surface area contributed by atoms with E-state index in [4.69, 9.17) is 4.74 Å². The SMILES string of the molecule is CCCCCCCCC=CCCCCCCCC(=O)OCc1c(Br)c(Br)c(Br)c(Br)c1Br. The Balaban J connectivity index is 2.07. The predicted molar refractivity (Wildman–Crippen MR) is 154 cm³/mol. The van der Waals surface area contributed by atoms with Gasteiger partial charge in [-0.3, -0.25) is 4.79 Å². The zero-order chi connectivity index (χ0) is 23.8. The Bertz CT molecular complexity index is 690. The molecule has 0 spiro atoms. The molecule has 182 valence electrons. The molecule has 1 rings (SSSR count). The number of carbonyl (C=O) groups is 1. The van der Waals surface area contributed by atoms with Crippen LogP contribution in [0.15, 0.2) is 34.5 Å². The van der Waals surface area contributed by atoms with Gasteiger partial charge in [0.15, 0.2) is 0 Å². The summed E-state index contributed by atoms with van der Waals surface area (Å²) in [5.41, 5.74) is 0.893. The molecule has 0 fully saturated rings. The van der Waals surface area contributed by atoms with Crippen molar-refractivity contribution in [1.82, 2.24) is 0 Å². The number of esters is 1. The quantitative estimate of drug-likeness (QED) is 0.0519. The van der Waals surface area contributed by atoms with Crippen LogP contribution in [0.25, 0.3) is 0 Å². The minimum Gasteiger partial charge on any atom is -0.461 e. The van der Waals surface area contributed by atoms with Gasteiger partial charge in [-0.05, 0) is 112 Å². The molecular weight excluding hydrogens is 732 g/mol. The number of rotatable bonds is 17. The van der Waals surface area contributed by atoms with Gasteiger partial charge in [-0.15, -0.1) is 0 Å². The first kappa shape index (κ1) is 30.9. The molecule has 2 nitrogen and oxygen atoms in total. The van der Waals surface area contributed by atoms with Gasteiger partial charge in [0.25, 0.3) is 0 Å². The number of halogens is 5. The lowest BCUT2D eigenvalue weighted by atomic mass is 10.1. The highest BCUT2D eigenvalue weighted by atomic mass is 79.9. The topological polar surface area (TPSA) is 26.3 Å². The van der Waals surface area contributed by atoms with Gasteiger partial charge in [0.05, 0.1) is 0 Å². The van der Waals surface area contributed by atoms with Gasteiger partial charge >= 0.3 is 5.97 Å². The largest absolute Gasteiger partial charge is 0.461 e. The summed E-state index contributed by atoms with van der Waals surface area (Å²) >= 11 is 17.7. The normalized spacial score (nSPS) is 11.4. The van der Waals surface area contributed by atoms with Gasteiger partial charge in [-0.25, -0.2) is 0 Å². The third kappa shape index (κ3) is 12.5. The summed E-state index contributed by atoms with van der Waals surface area (Å²) in [5, 5.41) is 0. The van der Waals surface area contributed by atoms with Gasteiger partial charge in [0.2, 0.25) is 0 Å². The number of unbranched alkanes of at least 4 members (excludes halogenated alkanes) is 11. The lowest BCUT2D eigenvalue weighted by Crippen LogP contribution is -2.06. The van der Waals surface area contributed by atoms with Crippen LogP contribution in [0.3, 0.4) is 0 Å². The summed E-state index contributed by atoms with van der Waals surface area (Å²) in [5.74, 6) is -0.142. The molecule has 0 unspecified atom stereocenters. The number of allylic oxidation sites excluding steroid dienone is 2. The van der Waals surface area contributed by atoms with Crippen LogP contribution in [0.4, 0.5) is 0 Å². The summed E-state index contributed by atoms with van der Waals surface area (Å²) in [4.78, 5) is 12.1. The second-order valence-corrected chi connectivity index (χ2v) is 12.0. The zero-order valence-electron chi connectivity index (χ0n) is 19.0. The molecule has 1 aromatic rings. The first-order valence-corrected chi connectivity index (χ1v) is 15.7. The molecule has 32 heavy (non-hydrogen) atoms. The fourth-order valence-electron chi connectivity index (χ4n) is 3.34. The zero-order valence-corrected chi connectivity index (χ0v) is 26.9. The van der Waals surface area contributed by atoms with Gasteiger partial charge < -0.3 is 4.74 Å². The standard InChI is InChI=1S/C25H35Br5O2/c1-2-3-4-5-6-7-8-9-10-11-12-13-14-15-16-17-20(31)32-18-19-21(26)23(28)25(30)24(29)22(19)27/h9-10H,2-8,11-18H2,1H3. The number of hydrogen-bond donors (Lipinski definition) is 0. The molecule has 7 heteroatoms. The second-order valence-electron chi connectivity index (χ2n) is 8.04. The van der Waals surface area contributed by atoms with Gasteiger partial charge in [0.1, 0.15) is 6.61 Å². The molecule has 0 atom stereocenters. The fourth-order valence-corrected chi connectivity index (χ4v) is 6.70. The third-order valence-electron chi connectivity index (χ3n) is 5.32. The molecule has 0 heterocycles. The summed E-state index contributed by atoms with van der Waals surface area (Å²) in [7, 11) is 0. The number of hydrogen-bond acceptors (Lipinski definition) is 2. The molecule has 0 aliphatic carbocycles. The fraction of sp³-hybridized carbons (Fsp3) is 0.640. The van der Waals surface area contributed by atoms with Crippen LogP contribution in [0, 0.1) is 0 Å². The van der Waals surface area contributed by atoms with Crippen molar-refractivity contribution >= 4 is 85.6 Å². The molecule has 0 saturated heterocycles. The smallest absolute Gasteiger partial charge is 0.306 e. The van der Waals surface area contributed by atoms with E-state index in [-0.39, 0.29) is 12.6 Å². The maximum absolute atomic E-state index is 12.1. The van der Waals surface area contributed by atoms with Crippen LogP contribution in [0.5, 0.6) is 0 Å². The predicted octanol–water partition coefficient (Wildman–Crippen LogP) is 11.6. The van der Waals surface area contributed by atoms with E-state index in [0.29, 0.717) is 6.42 Å². The number of ether oxygens (including phenoxy) is 1. The van der Waals surface area contributed by atoms with Crippen molar-refractivity contribution in [2.24, 2.45) is 0 Å². The molecular formula is C25H35Br5O2. The van der Waals surface area contributed by atoms with Gasteiger partial charge in [-0.2, -0.15) is 0 Å². The first-order valence-electron chi connectivity index (χ1n) is 11.7. The van der Waals surface area contributed by atoms with Crippen molar-refractivity contribution in [3.63, 3.8) is 0 Å². The molecule has 0 aliphatic heterocycles. The lowest BCUT2D eigenvalue weighted by molar-refractivity contribution is -0.145. The maximum atomic E-state index is 12.1. The van der Waals surface area contributed by atoms with Crippen molar-refractivity contribution in [2.45, 2.75) is 103 Å². The highest BCUT2D eigenvalue weighted by Crippen LogP contribution is 2.44. The Hall–Kier alpha value is 0.830. The van der Waals surface area contributed by atoms with E-state index in [1.54, 1.807) is 0 Å². The van der Waals surface area contributed by atoms with E-state index in [0.717, 1.165) is 40.8 Å². The average molecular weight is 767 g/mol. The Kier molecular flexibility index (Phi) is 18.4. The summed E-state index contributed by atoms with van der Waals surface area (Å²) in [6, 6.07) is 0. The molecule has 0 N–H and O–H groups in total. The van der Waals surface area contributed by atoms with Crippen molar-refractivity contribution in [2.75, 3.05) is 0 Å². The van der Waals surface area contributed by atoms with Crippen molar-refractivity contribution in [1.29, 1.82) is 0 Å². The Morgan fingerprint density at radius 2 is 1.09 bits per heavy atom. The van der Waals surface area contributed by atoms with E-state index in [1.165, 1.54) is 70.6 Å². The minimum atomic E-state index is -0.142. The molecule has 1 aromatic carbocycles. The molecule has 0 saturated carbocycles. The first-order chi connectivity index (χ1) is 15.4. The minimum absolute atomic E-state index is 0.142. The van der Waals surface area contributed by atoms with E-state index >= 15 is 0 Å². The Morgan fingerprint density at radius 1 is 0.656 bits per heavy atom. The summed E-state index contributed by atoms with van der Waals surface area (Å²) < 4.78 is 9.90. The second kappa shape index (κ2) is 19.1. The van der Waals surface area contributed by atoms with Crippen molar-refractivity contribution in [3.8, 4) is 0 Å². The van der Waals surface area contributed by atoms with E-state index in [9.17, 15) is 4.79 Å². The third-order valence-corrected chi connectivity index (χ3v) is 11.6. The van der Waals surface area contributed by atoms with E-state index in [2.05, 4.69) is 98.7 Å². The molecule has 0 aliphatic rings. The highest BCUT2D eigenvalue weighted by Gasteiger charge is 2.18. The maximum Gasteiger partial charge on any atom is 0.306 e. The van der Waals surface area contributed by atoms with Crippen LogP contribution < -0.4 is 0 Å². The highest BCUT2D eigenvalue weighted by molar-refractivity contribution is 9.15. The van der Waals surface area contributed by atoms with Crippen molar-refractivity contribution < 1.29 is 9.53 Å².